The van der Waals surface area contributed by atoms with Crippen molar-refractivity contribution in [1.29, 1.82) is 0 Å². The van der Waals surface area contributed by atoms with Crippen LogP contribution in [0.25, 0.3) is 0 Å². The van der Waals surface area contributed by atoms with Crippen LogP contribution in [0.2, 0.25) is 0 Å². The van der Waals surface area contributed by atoms with Gasteiger partial charge in [-0.15, -0.1) is 0 Å². The molecule has 0 amide bonds. The first-order valence-electron chi connectivity index (χ1n) is 3.99. The Morgan fingerprint density at radius 3 is 2.44 bits per heavy atom. The molecule has 0 spiro atoms. The Balaban J connectivity index is 2.99. The standard InChI is InChI=1S/C8H7F2NO4S/c9-6-2-1-5(3-7(6)10)16(14,15)11-4-8(12)13/h1-3,11H,4H2,(H,12,13). The van der Waals surface area contributed by atoms with Crippen molar-refractivity contribution in [2.75, 3.05) is 6.54 Å². The molecule has 0 saturated heterocycles. The summed E-state index contributed by atoms with van der Waals surface area (Å²) in [4.78, 5) is 9.60. The third-order valence-electron chi connectivity index (χ3n) is 1.61. The fourth-order valence-corrected chi connectivity index (χ4v) is 1.87. The molecule has 0 atom stereocenters. The van der Waals surface area contributed by atoms with Crippen LogP contribution in [0.5, 0.6) is 0 Å². The van der Waals surface area contributed by atoms with Gasteiger partial charge in [-0.3, -0.25) is 4.79 Å². The van der Waals surface area contributed by atoms with E-state index in [1.54, 1.807) is 4.72 Å². The maximum Gasteiger partial charge on any atom is 0.318 e. The molecule has 1 rings (SSSR count). The molecule has 0 bridgehead atoms. The van der Waals surface area contributed by atoms with E-state index in [1.165, 1.54) is 0 Å². The molecule has 0 unspecified atom stereocenters. The molecular formula is C8H7F2NO4S. The third-order valence-corrected chi connectivity index (χ3v) is 3.01. The topological polar surface area (TPSA) is 83.5 Å². The summed E-state index contributed by atoms with van der Waals surface area (Å²) in [5, 5.41) is 8.26. The van der Waals surface area contributed by atoms with E-state index < -0.39 is 39.1 Å². The van der Waals surface area contributed by atoms with E-state index >= 15 is 0 Å². The zero-order valence-corrected chi connectivity index (χ0v) is 8.59. The van der Waals surface area contributed by atoms with E-state index in [0.717, 1.165) is 6.07 Å². The molecule has 16 heavy (non-hydrogen) atoms. The van der Waals surface area contributed by atoms with Gasteiger partial charge in [0.15, 0.2) is 11.6 Å². The number of aliphatic carboxylic acids is 1. The molecule has 1 aromatic carbocycles. The third kappa shape index (κ3) is 2.97. The smallest absolute Gasteiger partial charge is 0.318 e. The molecule has 5 nitrogen and oxygen atoms in total. The fraction of sp³-hybridized carbons (Fsp3) is 0.125. The van der Waals surface area contributed by atoms with E-state index in [4.69, 9.17) is 5.11 Å². The lowest BCUT2D eigenvalue weighted by molar-refractivity contribution is -0.135. The first kappa shape index (κ1) is 12.5. The first-order valence-corrected chi connectivity index (χ1v) is 5.48. The summed E-state index contributed by atoms with van der Waals surface area (Å²) < 4.78 is 49.6. The highest BCUT2D eigenvalue weighted by Gasteiger charge is 2.17. The van der Waals surface area contributed by atoms with Crippen molar-refractivity contribution < 1.29 is 27.1 Å². The number of carboxylic acids is 1. The molecule has 0 radical (unpaired) electrons. The maximum atomic E-state index is 12.7. The van der Waals surface area contributed by atoms with E-state index in [0.29, 0.717) is 12.1 Å². The van der Waals surface area contributed by atoms with Crippen LogP contribution in [-0.2, 0) is 14.8 Å². The number of carboxylic acid groups (broad SMARTS) is 1. The van der Waals surface area contributed by atoms with Crippen molar-refractivity contribution in [3.8, 4) is 0 Å². The molecule has 0 aliphatic carbocycles. The summed E-state index contributed by atoms with van der Waals surface area (Å²) in [6, 6.07) is 1.95. The number of halogens is 2. The van der Waals surface area contributed by atoms with Crippen LogP contribution in [0.15, 0.2) is 23.1 Å². The Morgan fingerprint density at radius 2 is 1.94 bits per heavy atom. The van der Waals surface area contributed by atoms with Crippen molar-refractivity contribution in [3.63, 3.8) is 0 Å². The van der Waals surface area contributed by atoms with Crippen molar-refractivity contribution in [2.24, 2.45) is 0 Å². The van der Waals surface area contributed by atoms with Crippen molar-refractivity contribution in [3.05, 3.63) is 29.8 Å². The predicted octanol–water partition coefficient (Wildman–Crippen LogP) is 0.328. The first-order chi connectivity index (χ1) is 7.33. The molecule has 0 heterocycles. The molecule has 1 aromatic rings. The largest absolute Gasteiger partial charge is 0.480 e. The van der Waals surface area contributed by atoms with Gasteiger partial charge in [0, 0.05) is 0 Å². The normalized spacial score (nSPS) is 11.4. The number of nitrogens with one attached hydrogen (secondary N) is 1. The van der Waals surface area contributed by atoms with Crippen LogP contribution in [-0.4, -0.2) is 26.0 Å². The van der Waals surface area contributed by atoms with Gasteiger partial charge in [0.25, 0.3) is 0 Å². The van der Waals surface area contributed by atoms with Gasteiger partial charge in [-0.1, -0.05) is 0 Å². The number of carbonyl (C=O) groups is 1. The van der Waals surface area contributed by atoms with Crippen LogP contribution >= 0.6 is 0 Å². The minimum absolute atomic E-state index is 0.472. The summed E-state index contributed by atoms with van der Waals surface area (Å²) in [5.41, 5.74) is 0. The van der Waals surface area contributed by atoms with Crippen LogP contribution in [0, 0.1) is 11.6 Å². The molecule has 2 N–H and O–H groups in total. The molecule has 0 aliphatic heterocycles. The molecule has 0 aromatic heterocycles. The Hall–Kier alpha value is -1.54. The summed E-state index contributed by atoms with van der Waals surface area (Å²) in [5.74, 6) is -3.89. The number of hydrogen-bond donors (Lipinski definition) is 2. The Morgan fingerprint density at radius 1 is 1.31 bits per heavy atom. The van der Waals surface area contributed by atoms with Crippen LogP contribution in [0.4, 0.5) is 8.78 Å². The van der Waals surface area contributed by atoms with Gasteiger partial charge in [0.1, 0.15) is 6.54 Å². The molecular weight excluding hydrogens is 244 g/mol. The number of hydrogen-bond acceptors (Lipinski definition) is 3. The summed E-state index contributed by atoms with van der Waals surface area (Å²) in [6.45, 7) is -0.832. The molecule has 0 fully saturated rings. The van der Waals surface area contributed by atoms with E-state index in [9.17, 15) is 22.0 Å². The van der Waals surface area contributed by atoms with Crippen molar-refractivity contribution >= 4 is 16.0 Å². The van der Waals surface area contributed by atoms with E-state index in [2.05, 4.69) is 0 Å². The van der Waals surface area contributed by atoms with Crippen molar-refractivity contribution in [2.45, 2.75) is 4.90 Å². The average Bonchev–Trinajstić information content (AvgIpc) is 2.19. The van der Waals surface area contributed by atoms with Gasteiger partial charge in [-0.05, 0) is 18.2 Å². The fourth-order valence-electron chi connectivity index (χ4n) is 0.884. The highest BCUT2D eigenvalue weighted by molar-refractivity contribution is 7.89. The van der Waals surface area contributed by atoms with Crippen molar-refractivity contribution in [1.82, 2.24) is 4.72 Å². The minimum atomic E-state index is -4.13. The maximum absolute atomic E-state index is 12.7. The molecule has 88 valence electrons. The van der Waals surface area contributed by atoms with Gasteiger partial charge in [-0.2, -0.15) is 4.72 Å². The summed E-state index contributed by atoms with van der Waals surface area (Å²) in [7, 11) is -4.13. The highest BCUT2D eigenvalue weighted by Crippen LogP contribution is 2.13. The minimum Gasteiger partial charge on any atom is -0.480 e. The monoisotopic (exact) mass is 251 g/mol. The van der Waals surface area contributed by atoms with Crippen LogP contribution in [0.1, 0.15) is 0 Å². The van der Waals surface area contributed by atoms with Gasteiger partial charge >= 0.3 is 5.97 Å². The predicted molar refractivity (Wildman–Crippen MR) is 49.2 cm³/mol. The van der Waals surface area contributed by atoms with E-state index in [1.807, 2.05) is 0 Å². The van der Waals surface area contributed by atoms with Gasteiger partial charge < -0.3 is 5.11 Å². The molecule has 8 heteroatoms. The second-order valence-electron chi connectivity index (χ2n) is 2.79. The highest BCUT2D eigenvalue weighted by atomic mass is 32.2. The SMILES string of the molecule is O=C(O)CNS(=O)(=O)c1ccc(F)c(F)c1. The molecule has 0 saturated carbocycles. The van der Waals surface area contributed by atoms with Gasteiger partial charge in [-0.25, -0.2) is 17.2 Å². The Kier molecular flexibility index (Phi) is 3.55. The second-order valence-corrected chi connectivity index (χ2v) is 4.56. The summed E-state index contributed by atoms with van der Waals surface area (Å²) >= 11 is 0. The lowest BCUT2D eigenvalue weighted by Gasteiger charge is -2.04. The number of rotatable bonds is 4. The number of sulfonamides is 1. The van der Waals surface area contributed by atoms with Crippen LogP contribution < -0.4 is 4.72 Å². The second kappa shape index (κ2) is 4.54. The number of benzene rings is 1. The lowest BCUT2D eigenvalue weighted by Crippen LogP contribution is -2.29. The van der Waals surface area contributed by atoms with E-state index in [-0.39, 0.29) is 0 Å². The lowest BCUT2D eigenvalue weighted by atomic mass is 10.3. The summed E-state index contributed by atoms with van der Waals surface area (Å²) in [6.07, 6.45) is 0. The van der Waals surface area contributed by atoms with Gasteiger partial charge in [0.05, 0.1) is 4.90 Å². The quantitative estimate of drug-likeness (QED) is 0.807. The zero-order valence-electron chi connectivity index (χ0n) is 7.78. The molecule has 0 aliphatic rings. The average molecular weight is 251 g/mol. The Labute approximate surface area is 89.8 Å². The zero-order chi connectivity index (χ0) is 12.3. The van der Waals surface area contributed by atoms with Gasteiger partial charge in [0.2, 0.25) is 10.0 Å². The van der Waals surface area contributed by atoms with Crippen LogP contribution in [0.3, 0.4) is 0 Å². The Bertz CT molecular complexity index is 515.